The molecule has 2 fully saturated rings. The summed E-state index contributed by atoms with van der Waals surface area (Å²) in [5, 5.41) is 12.0. The maximum absolute atomic E-state index is 13.3. The van der Waals surface area contributed by atoms with Gasteiger partial charge in [0.2, 0.25) is 16.0 Å². The molecule has 2 aliphatic heterocycles. The Morgan fingerprint density at radius 1 is 1.05 bits per heavy atom. The van der Waals surface area contributed by atoms with E-state index in [1.54, 1.807) is 37.3 Å². The lowest BCUT2D eigenvalue weighted by atomic mass is 10.1. The van der Waals surface area contributed by atoms with Gasteiger partial charge in [-0.3, -0.25) is 9.59 Å². The Kier molecular flexibility index (Phi) is 8.84. The number of piperazine rings is 1. The molecular weight excluding hydrogens is 572 g/mol. The van der Waals surface area contributed by atoms with Gasteiger partial charge in [-0.05, 0) is 62.2 Å². The van der Waals surface area contributed by atoms with E-state index >= 15 is 0 Å². The van der Waals surface area contributed by atoms with Crippen LogP contribution in [0.1, 0.15) is 41.1 Å². The number of anilines is 3. The Balaban J connectivity index is 1.21. The van der Waals surface area contributed by atoms with E-state index in [1.807, 2.05) is 21.9 Å². The molecule has 0 aliphatic carbocycles. The van der Waals surface area contributed by atoms with Crippen LogP contribution in [0.25, 0.3) is 0 Å². The van der Waals surface area contributed by atoms with Gasteiger partial charge in [-0.2, -0.15) is 9.57 Å². The Morgan fingerprint density at radius 3 is 2.49 bits per heavy atom. The Morgan fingerprint density at radius 2 is 1.79 bits per heavy atom. The summed E-state index contributed by atoms with van der Waals surface area (Å²) in [6.07, 6.45) is 2.00. The van der Waals surface area contributed by atoms with Gasteiger partial charge in [-0.1, -0.05) is 6.07 Å². The summed E-state index contributed by atoms with van der Waals surface area (Å²) in [6, 6.07) is 14.8. The molecule has 14 heteroatoms. The fraction of sp³-hybridized carbons (Fsp3) is 0.379. The third-order valence-corrected chi connectivity index (χ3v) is 9.41. The van der Waals surface area contributed by atoms with Crippen molar-refractivity contribution in [3.8, 4) is 6.07 Å². The lowest BCUT2D eigenvalue weighted by Crippen LogP contribution is -2.49. The maximum Gasteiger partial charge on any atom is 0.307 e. The third-order valence-electron chi connectivity index (χ3n) is 7.50. The number of carbonyl (C=O) groups is 2. The highest BCUT2D eigenvalue weighted by atomic mass is 32.2. The summed E-state index contributed by atoms with van der Waals surface area (Å²) in [4.78, 5) is 42.0. The van der Waals surface area contributed by atoms with Crippen molar-refractivity contribution in [3.63, 3.8) is 0 Å². The highest BCUT2D eigenvalue weighted by molar-refractivity contribution is 7.89. The van der Waals surface area contributed by atoms with Crippen molar-refractivity contribution in [1.29, 1.82) is 5.26 Å². The zero-order valence-electron chi connectivity index (χ0n) is 23.9. The highest BCUT2D eigenvalue weighted by Crippen LogP contribution is 2.27. The molecule has 0 radical (unpaired) electrons. The summed E-state index contributed by atoms with van der Waals surface area (Å²) < 4.78 is 32.9. The smallest absolute Gasteiger partial charge is 0.307 e. The molecule has 0 unspecified atom stereocenters. The van der Waals surface area contributed by atoms with Crippen molar-refractivity contribution in [1.82, 2.24) is 19.3 Å². The maximum atomic E-state index is 13.3. The van der Waals surface area contributed by atoms with E-state index in [9.17, 15) is 23.3 Å². The summed E-state index contributed by atoms with van der Waals surface area (Å²) in [5.74, 6) is 0.302. The minimum Gasteiger partial charge on any atom is -0.469 e. The second kappa shape index (κ2) is 12.7. The first-order valence-electron chi connectivity index (χ1n) is 13.9. The fourth-order valence-electron chi connectivity index (χ4n) is 5.27. The van der Waals surface area contributed by atoms with E-state index in [2.05, 4.69) is 20.3 Å². The van der Waals surface area contributed by atoms with Crippen molar-refractivity contribution in [2.45, 2.75) is 37.1 Å². The molecule has 3 aromatic rings. The number of sulfonamides is 1. The zero-order chi connectivity index (χ0) is 30.6. The number of methoxy groups -OCH3 is 1. The standard InChI is InChI=1S/C29H32N8O5S/c1-20-17-22(19-30)33-29(31-20)35-13-15-36(16-14-35)43(40,41)24-10-8-21(9-11-24)32-28(39)25-6-3-7-26(34-25)37-12-4-5-23(37)18-27(38)42-2/h3,6-11,17,23H,4-5,12-16,18H2,1-2H3,(H,32,39)/t23-/m0/s1. The van der Waals surface area contributed by atoms with Crippen molar-refractivity contribution in [3.05, 3.63) is 65.6 Å². The van der Waals surface area contributed by atoms with Crippen molar-refractivity contribution < 1.29 is 22.7 Å². The lowest BCUT2D eigenvalue weighted by molar-refractivity contribution is -0.140. The second-order valence-electron chi connectivity index (χ2n) is 10.3. The molecule has 2 saturated heterocycles. The highest BCUT2D eigenvalue weighted by Gasteiger charge is 2.30. The quantitative estimate of drug-likeness (QED) is 0.376. The molecule has 4 heterocycles. The molecule has 0 saturated carbocycles. The van der Waals surface area contributed by atoms with Gasteiger partial charge in [-0.15, -0.1) is 0 Å². The number of ether oxygens (including phenoxy) is 1. The third kappa shape index (κ3) is 6.73. The number of amides is 1. The van der Waals surface area contributed by atoms with Gasteiger partial charge < -0.3 is 19.9 Å². The second-order valence-corrected chi connectivity index (χ2v) is 12.3. The normalized spacial score (nSPS) is 17.4. The number of hydrogen-bond donors (Lipinski definition) is 1. The SMILES string of the molecule is COC(=O)C[C@@H]1CCCN1c1cccc(C(=O)Nc2ccc(S(=O)(=O)N3CCN(c4nc(C)cc(C#N)n4)CC3)cc2)n1. The first-order valence-corrected chi connectivity index (χ1v) is 15.3. The van der Waals surface area contributed by atoms with E-state index < -0.39 is 15.9 Å². The molecular formula is C29H32N8O5S. The van der Waals surface area contributed by atoms with Gasteiger partial charge in [0.15, 0.2) is 0 Å². The van der Waals surface area contributed by atoms with Crippen LogP contribution in [0, 0.1) is 18.3 Å². The van der Waals surface area contributed by atoms with Crippen molar-refractivity contribution in [2.24, 2.45) is 0 Å². The van der Waals surface area contributed by atoms with Crippen LogP contribution >= 0.6 is 0 Å². The molecule has 0 spiro atoms. The molecule has 13 nitrogen and oxygen atoms in total. The first kappa shape index (κ1) is 29.9. The monoisotopic (exact) mass is 604 g/mol. The van der Waals surface area contributed by atoms with E-state index in [0.717, 1.165) is 19.4 Å². The molecule has 1 aromatic carbocycles. The summed E-state index contributed by atoms with van der Waals surface area (Å²) in [6.45, 7) is 3.75. The first-order chi connectivity index (χ1) is 20.7. The van der Waals surface area contributed by atoms with E-state index in [1.165, 1.54) is 23.5 Å². The van der Waals surface area contributed by atoms with Crippen LogP contribution in [0.2, 0.25) is 0 Å². The lowest BCUT2D eigenvalue weighted by Gasteiger charge is -2.34. The number of hydrogen-bond acceptors (Lipinski definition) is 11. The van der Waals surface area contributed by atoms with Crippen molar-refractivity contribution in [2.75, 3.05) is 55.0 Å². The Bertz CT molecular complexity index is 1650. The number of nitriles is 1. The van der Waals surface area contributed by atoms with Gasteiger partial charge >= 0.3 is 5.97 Å². The van der Waals surface area contributed by atoms with Crippen molar-refractivity contribution >= 4 is 39.4 Å². The molecule has 0 bridgehead atoms. The topological polar surface area (TPSA) is 162 Å². The summed E-state index contributed by atoms with van der Waals surface area (Å²) >= 11 is 0. The average molecular weight is 605 g/mol. The van der Waals surface area contributed by atoms with Crippen LogP contribution in [0.15, 0.2) is 53.4 Å². The van der Waals surface area contributed by atoms with E-state index in [4.69, 9.17) is 4.74 Å². The number of aryl methyl sites for hydroxylation is 1. The number of rotatable bonds is 8. The number of esters is 1. The largest absolute Gasteiger partial charge is 0.469 e. The number of nitrogens with one attached hydrogen (secondary N) is 1. The van der Waals surface area contributed by atoms with E-state index in [0.29, 0.717) is 36.2 Å². The van der Waals surface area contributed by atoms with Crippen LogP contribution in [-0.2, 0) is 19.6 Å². The average Bonchev–Trinajstić information content (AvgIpc) is 3.49. The summed E-state index contributed by atoms with van der Waals surface area (Å²) in [7, 11) is -2.40. The predicted molar refractivity (Wildman–Crippen MR) is 158 cm³/mol. The molecule has 1 N–H and O–H groups in total. The van der Waals surface area contributed by atoms with Gasteiger partial charge in [0, 0.05) is 50.1 Å². The summed E-state index contributed by atoms with van der Waals surface area (Å²) in [5.41, 5.74) is 1.57. The fourth-order valence-corrected chi connectivity index (χ4v) is 6.69. The Hall–Kier alpha value is -4.61. The number of aromatic nitrogens is 3. The zero-order valence-corrected chi connectivity index (χ0v) is 24.7. The van der Waals surface area contributed by atoms with Crippen LogP contribution in [0.5, 0.6) is 0 Å². The Labute approximate surface area is 250 Å². The number of carbonyl (C=O) groups excluding carboxylic acids is 2. The van der Waals surface area contributed by atoms with Crippen LogP contribution < -0.4 is 15.1 Å². The minimum absolute atomic E-state index is 0.0389. The van der Waals surface area contributed by atoms with E-state index in [-0.39, 0.29) is 47.8 Å². The number of pyridine rings is 1. The molecule has 5 rings (SSSR count). The van der Waals surface area contributed by atoms with Gasteiger partial charge in [0.05, 0.1) is 18.4 Å². The predicted octanol–water partition coefficient (Wildman–Crippen LogP) is 2.35. The number of nitrogens with zero attached hydrogens (tertiary/aromatic N) is 7. The van der Waals surface area contributed by atoms with Gasteiger partial charge in [0.1, 0.15) is 23.3 Å². The molecule has 1 atom stereocenters. The molecule has 2 aliphatic rings. The van der Waals surface area contributed by atoms with Gasteiger partial charge in [-0.25, -0.2) is 23.4 Å². The molecule has 1 amide bonds. The van der Waals surface area contributed by atoms with Crippen LogP contribution in [0.4, 0.5) is 17.5 Å². The van der Waals surface area contributed by atoms with Gasteiger partial charge in [0.25, 0.3) is 5.91 Å². The minimum atomic E-state index is -3.77. The van der Waals surface area contributed by atoms with Crippen LogP contribution in [0.3, 0.4) is 0 Å². The van der Waals surface area contributed by atoms with Crippen LogP contribution in [-0.4, -0.2) is 85.4 Å². The number of benzene rings is 1. The molecule has 43 heavy (non-hydrogen) atoms. The molecule has 224 valence electrons. The molecule has 2 aromatic heterocycles.